The van der Waals surface area contributed by atoms with E-state index in [1.807, 2.05) is 6.07 Å². The van der Waals surface area contributed by atoms with Crippen molar-refractivity contribution in [3.8, 4) is 0 Å². The Hall–Kier alpha value is -2.53. The van der Waals surface area contributed by atoms with Crippen molar-refractivity contribution in [1.82, 2.24) is 10.2 Å². The van der Waals surface area contributed by atoms with Crippen LogP contribution in [0.5, 0.6) is 0 Å². The van der Waals surface area contributed by atoms with E-state index in [4.69, 9.17) is 10.2 Å². The van der Waals surface area contributed by atoms with Crippen LogP contribution >= 0.6 is 0 Å². The average Bonchev–Trinajstić information content (AvgIpc) is 3.07. The molecule has 0 radical (unpaired) electrons. The lowest BCUT2D eigenvalue weighted by Gasteiger charge is -2.32. The third-order valence-corrected chi connectivity index (χ3v) is 5.16. The Bertz CT molecular complexity index is 910. The number of nitrogens with two attached hydrogens (primary N) is 1. The Morgan fingerprint density at radius 1 is 1.20 bits per heavy atom. The van der Waals surface area contributed by atoms with E-state index >= 15 is 0 Å². The number of carbonyl (C=O) groups excluding carboxylic acids is 1. The zero-order valence-electron chi connectivity index (χ0n) is 14.4. The maximum absolute atomic E-state index is 11.2. The van der Waals surface area contributed by atoms with Crippen molar-refractivity contribution in [1.29, 1.82) is 0 Å². The molecule has 0 saturated carbocycles. The molecule has 0 aliphatic carbocycles. The average molecular weight is 337 g/mol. The molecule has 1 aliphatic rings. The van der Waals surface area contributed by atoms with Crippen LogP contribution in [-0.2, 0) is 0 Å². The molecule has 1 saturated heterocycles. The van der Waals surface area contributed by atoms with Crippen molar-refractivity contribution >= 4 is 27.8 Å². The summed E-state index contributed by atoms with van der Waals surface area (Å²) in [6.45, 7) is 3.55. The summed E-state index contributed by atoms with van der Waals surface area (Å²) in [4.78, 5) is 12.9. The van der Waals surface area contributed by atoms with Gasteiger partial charge in [-0.05, 0) is 42.7 Å². The molecule has 5 heteroatoms. The number of likely N-dealkylation sites (tertiary alicyclic amines) is 1. The molecule has 2 heterocycles. The molecule has 0 spiro atoms. The Kier molecular flexibility index (Phi) is 4.09. The zero-order chi connectivity index (χ0) is 17.4. The van der Waals surface area contributed by atoms with Crippen molar-refractivity contribution in [2.75, 3.05) is 13.1 Å². The van der Waals surface area contributed by atoms with Crippen molar-refractivity contribution < 1.29 is 9.21 Å². The molecular formula is C20H23N3O2. The lowest BCUT2D eigenvalue weighted by molar-refractivity contribution is 0.182. The highest BCUT2D eigenvalue weighted by Crippen LogP contribution is 2.30. The van der Waals surface area contributed by atoms with Crippen LogP contribution in [0.3, 0.4) is 0 Å². The summed E-state index contributed by atoms with van der Waals surface area (Å²) in [7, 11) is 0. The molecule has 4 rings (SSSR count). The van der Waals surface area contributed by atoms with Gasteiger partial charge in [-0.2, -0.15) is 0 Å². The molecule has 1 atom stereocenters. The SMILES string of the molecule is C[C@@H](NC1CCN(C(N)=O)CC1)c1cc2c(ccc3ccccc32)o1. The van der Waals surface area contributed by atoms with Crippen molar-refractivity contribution in [3.63, 3.8) is 0 Å². The smallest absolute Gasteiger partial charge is 0.314 e. The topological polar surface area (TPSA) is 71.5 Å². The minimum atomic E-state index is -0.323. The highest BCUT2D eigenvalue weighted by molar-refractivity contribution is 6.05. The number of rotatable bonds is 3. The predicted octanol–water partition coefficient (Wildman–Crippen LogP) is 3.78. The molecule has 0 unspecified atom stereocenters. The van der Waals surface area contributed by atoms with Gasteiger partial charge in [0.1, 0.15) is 11.3 Å². The van der Waals surface area contributed by atoms with Crippen LogP contribution in [0.1, 0.15) is 31.6 Å². The van der Waals surface area contributed by atoms with E-state index < -0.39 is 0 Å². The number of primary amides is 1. The maximum atomic E-state index is 11.2. The first kappa shape index (κ1) is 16.0. The number of amides is 2. The molecule has 1 aromatic heterocycles. The third-order valence-electron chi connectivity index (χ3n) is 5.16. The summed E-state index contributed by atoms with van der Waals surface area (Å²) in [6.07, 6.45) is 1.83. The molecule has 2 amide bonds. The van der Waals surface area contributed by atoms with Crippen LogP contribution in [0.15, 0.2) is 46.9 Å². The quantitative estimate of drug-likeness (QED) is 0.764. The molecule has 0 bridgehead atoms. The van der Waals surface area contributed by atoms with Gasteiger partial charge in [0.05, 0.1) is 6.04 Å². The van der Waals surface area contributed by atoms with Crippen molar-refractivity contribution in [2.45, 2.75) is 31.8 Å². The van der Waals surface area contributed by atoms with E-state index in [0.29, 0.717) is 19.1 Å². The first-order valence-electron chi connectivity index (χ1n) is 8.83. The second-order valence-corrected chi connectivity index (χ2v) is 6.84. The summed E-state index contributed by atoms with van der Waals surface area (Å²) >= 11 is 0. The number of benzene rings is 2. The summed E-state index contributed by atoms with van der Waals surface area (Å²) in [6, 6.07) is 14.8. The summed E-state index contributed by atoms with van der Waals surface area (Å²) in [5.74, 6) is 0.948. The minimum Gasteiger partial charge on any atom is -0.459 e. The van der Waals surface area contributed by atoms with Gasteiger partial charge in [0.15, 0.2) is 0 Å². The Labute approximate surface area is 146 Å². The van der Waals surface area contributed by atoms with Gasteiger partial charge in [0, 0.05) is 24.5 Å². The van der Waals surface area contributed by atoms with Gasteiger partial charge in [-0.25, -0.2) is 4.79 Å². The van der Waals surface area contributed by atoms with E-state index in [9.17, 15) is 4.79 Å². The van der Waals surface area contributed by atoms with E-state index in [0.717, 1.165) is 29.6 Å². The van der Waals surface area contributed by atoms with Gasteiger partial charge in [-0.3, -0.25) is 0 Å². The monoisotopic (exact) mass is 337 g/mol. The molecule has 130 valence electrons. The molecule has 2 aromatic carbocycles. The second kappa shape index (κ2) is 6.41. The lowest BCUT2D eigenvalue weighted by Crippen LogP contribution is -2.47. The zero-order valence-corrected chi connectivity index (χ0v) is 14.4. The number of piperidine rings is 1. The van der Waals surface area contributed by atoms with Crippen LogP contribution in [0, 0.1) is 0 Å². The Morgan fingerprint density at radius 2 is 1.96 bits per heavy atom. The molecule has 1 fully saturated rings. The highest BCUT2D eigenvalue weighted by Gasteiger charge is 2.23. The van der Waals surface area contributed by atoms with Gasteiger partial charge in [-0.15, -0.1) is 0 Å². The van der Waals surface area contributed by atoms with E-state index in [1.165, 1.54) is 10.8 Å². The van der Waals surface area contributed by atoms with E-state index in [-0.39, 0.29) is 12.1 Å². The fourth-order valence-corrected chi connectivity index (χ4v) is 3.73. The van der Waals surface area contributed by atoms with Crippen LogP contribution in [0.4, 0.5) is 4.79 Å². The summed E-state index contributed by atoms with van der Waals surface area (Å²) < 4.78 is 6.09. The number of fused-ring (bicyclic) bond motifs is 3. The number of hydrogen-bond donors (Lipinski definition) is 2. The lowest BCUT2D eigenvalue weighted by atomic mass is 10.0. The molecule has 3 aromatic rings. The molecular weight excluding hydrogens is 314 g/mol. The van der Waals surface area contributed by atoms with Crippen LogP contribution in [0.2, 0.25) is 0 Å². The first-order chi connectivity index (χ1) is 12.1. The van der Waals surface area contributed by atoms with Crippen LogP contribution < -0.4 is 11.1 Å². The predicted molar refractivity (Wildman–Crippen MR) is 99.4 cm³/mol. The second-order valence-electron chi connectivity index (χ2n) is 6.84. The van der Waals surface area contributed by atoms with E-state index in [1.54, 1.807) is 4.90 Å². The minimum absolute atomic E-state index is 0.122. The number of urea groups is 1. The molecule has 25 heavy (non-hydrogen) atoms. The van der Waals surface area contributed by atoms with Gasteiger partial charge < -0.3 is 20.4 Å². The Balaban J connectivity index is 1.52. The fourth-order valence-electron chi connectivity index (χ4n) is 3.73. The summed E-state index contributed by atoms with van der Waals surface area (Å²) in [5, 5.41) is 7.23. The summed E-state index contributed by atoms with van der Waals surface area (Å²) in [5.41, 5.74) is 6.27. The first-order valence-corrected chi connectivity index (χ1v) is 8.83. The van der Waals surface area contributed by atoms with Gasteiger partial charge in [0.2, 0.25) is 0 Å². The number of furan rings is 1. The molecule has 5 nitrogen and oxygen atoms in total. The van der Waals surface area contributed by atoms with Crippen LogP contribution in [-0.4, -0.2) is 30.1 Å². The molecule has 3 N–H and O–H groups in total. The fraction of sp³-hybridized carbons (Fsp3) is 0.350. The number of nitrogens with zero attached hydrogens (tertiary/aromatic N) is 1. The van der Waals surface area contributed by atoms with Gasteiger partial charge in [0.25, 0.3) is 0 Å². The largest absolute Gasteiger partial charge is 0.459 e. The number of nitrogens with one attached hydrogen (secondary N) is 1. The maximum Gasteiger partial charge on any atom is 0.314 e. The normalized spacial score (nSPS) is 17.2. The van der Waals surface area contributed by atoms with Crippen molar-refractivity contribution in [3.05, 3.63) is 48.2 Å². The number of carbonyl (C=O) groups is 1. The van der Waals surface area contributed by atoms with Crippen LogP contribution in [0.25, 0.3) is 21.7 Å². The third kappa shape index (κ3) is 3.07. The highest BCUT2D eigenvalue weighted by atomic mass is 16.3. The Morgan fingerprint density at radius 3 is 2.72 bits per heavy atom. The number of hydrogen-bond acceptors (Lipinski definition) is 3. The van der Waals surface area contributed by atoms with Crippen molar-refractivity contribution in [2.24, 2.45) is 5.73 Å². The van der Waals surface area contributed by atoms with Gasteiger partial charge >= 0.3 is 6.03 Å². The van der Waals surface area contributed by atoms with Gasteiger partial charge in [-0.1, -0.05) is 30.3 Å². The standard InChI is InChI=1S/C20H23N3O2/c1-13(22-15-8-10-23(11-9-15)20(21)24)19-12-17-16-5-3-2-4-14(16)6-7-18(17)25-19/h2-7,12-13,15,22H,8-11H2,1H3,(H2,21,24)/t13-/m1/s1. The molecule has 1 aliphatic heterocycles. The van der Waals surface area contributed by atoms with E-state index in [2.05, 4.69) is 48.6 Å².